The molecule has 0 rings (SSSR count). The Labute approximate surface area is 85.2 Å². The molecule has 0 bridgehead atoms. The van der Waals surface area contributed by atoms with Gasteiger partial charge in [-0.2, -0.15) is 0 Å². The van der Waals surface area contributed by atoms with E-state index >= 15 is 0 Å². The maximum absolute atomic E-state index is 11.2. The second kappa shape index (κ2) is 5.32. The average Bonchev–Trinajstić information content (AvgIpc) is 2.16. The third-order valence-corrected chi connectivity index (χ3v) is 2.61. The first-order chi connectivity index (χ1) is 6.41. The number of aliphatic hydroxyl groups is 1. The van der Waals surface area contributed by atoms with Crippen molar-refractivity contribution in [2.24, 2.45) is 5.41 Å². The highest BCUT2D eigenvalue weighted by Crippen LogP contribution is 2.30. The number of carbonyl (C=O) groups excluding carboxylic acids is 1. The van der Waals surface area contributed by atoms with Crippen LogP contribution in [0.1, 0.15) is 27.2 Å². The maximum atomic E-state index is 11.2. The second-order valence-electron chi connectivity index (χ2n) is 3.88. The van der Waals surface area contributed by atoms with Crippen LogP contribution in [-0.2, 0) is 14.3 Å². The van der Waals surface area contributed by atoms with E-state index in [-0.39, 0.29) is 6.10 Å². The fourth-order valence-electron chi connectivity index (χ4n) is 1.59. The van der Waals surface area contributed by atoms with Crippen LogP contribution in [0.2, 0.25) is 0 Å². The quantitative estimate of drug-likeness (QED) is 0.678. The van der Waals surface area contributed by atoms with Crippen molar-refractivity contribution in [3.63, 3.8) is 0 Å². The van der Waals surface area contributed by atoms with Crippen LogP contribution in [0, 0.1) is 5.41 Å². The maximum Gasteiger partial charge on any atom is 0.335 e. The van der Waals surface area contributed by atoms with Crippen molar-refractivity contribution >= 4 is 5.97 Å². The lowest BCUT2D eigenvalue weighted by molar-refractivity contribution is -0.164. The molecule has 14 heavy (non-hydrogen) atoms. The average molecular weight is 204 g/mol. The normalized spacial score (nSPS) is 16.1. The molecular formula is C10H20O4. The minimum atomic E-state index is -1.16. The van der Waals surface area contributed by atoms with Gasteiger partial charge in [0.15, 0.2) is 6.10 Å². The van der Waals surface area contributed by atoms with E-state index in [9.17, 15) is 9.90 Å². The highest BCUT2D eigenvalue weighted by Gasteiger charge is 2.40. The highest BCUT2D eigenvalue weighted by molar-refractivity contribution is 5.75. The van der Waals surface area contributed by atoms with E-state index in [4.69, 9.17) is 4.74 Å². The summed E-state index contributed by atoms with van der Waals surface area (Å²) in [7, 11) is 2.83. The van der Waals surface area contributed by atoms with Crippen molar-refractivity contribution < 1.29 is 19.4 Å². The van der Waals surface area contributed by atoms with Gasteiger partial charge in [0, 0.05) is 12.5 Å². The molecule has 84 valence electrons. The Balaban J connectivity index is 4.65. The zero-order chi connectivity index (χ0) is 11.4. The third kappa shape index (κ3) is 2.69. The van der Waals surface area contributed by atoms with E-state index < -0.39 is 17.5 Å². The molecule has 4 heteroatoms. The molecular weight excluding hydrogens is 184 g/mol. The molecule has 0 saturated heterocycles. The first-order valence-electron chi connectivity index (χ1n) is 4.70. The predicted octanol–water partition coefficient (Wildman–Crippen LogP) is 0.971. The van der Waals surface area contributed by atoms with Crippen LogP contribution in [0.3, 0.4) is 0 Å². The van der Waals surface area contributed by atoms with E-state index in [0.29, 0.717) is 0 Å². The number of aliphatic hydroxyl groups excluding tert-OH is 1. The monoisotopic (exact) mass is 204 g/mol. The Bertz CT molecular complexity index is 185. The Kier molecular flexibility index (Phi) is 5.08. The molecule has 0 aromatic heterocycles. The summed E-state index contributed by atoms with van der Waals surface area (Å²) >= 11 is 0. The summed E-state index contributed by atoms with van der Waals surface area (Å²) in [6.07, 6.45) is -0.591. The first-order valence-corrected chi connectivity index (χ1v) is 4.70. The summed E-state index contributed by atoms with van der Waals surface area (Å²) in [6, 6.07) is 0. The summed E-state index contributed by atoms with van der Waals surface area (Å²) in [5.41, 5.74) is -0.642. The molecule has 0 fully saturated rings. The van der Waals surface area contributed by atoms with Crippen LogP contribution in [0.4, 0.5) is 0 Å². The summed E-state index contributed by atoms with van der Waals surface area (Å²) in [4.78, 5) is 11.2. The molecule has 0 saturated carbocycles. The number of esters is 1. The van der Waals surface area contributed by atoms with Gasteiger partial charge in [0.2, 0.25) is 0 Å². The lowest BCUT2D eigenvalue weighted by Crippen LogP contribution is -2.46. The van der Waals surface area contributed by atoms with Crippen molar-refractivity contribution in [3.8, 4) is 0 Å². The fraction of sp³-hybridized carbons (Fsp3) is 0.900. The van der Waals surface area contributed by atoms with E-state index in [0.717, 1.165) is 6.42 Å². The van der Waals surface area contributed by atoms with Crippen molar-refractivity contribution in [1.29, 1.82) is 0 Å². The molecule has 0 amide bonds. The lowest BCUT2D eigenvalue weighted by Gasteiger charge is -2.35. The fourth-order valence-corrected chi connectivity index (χ4v) is 1.59. The predicted molar refractivity (Wildman–Crippen MR) is 52.9 cm³/mol. The molecule has 0 aliphatic heterocycles. The van der Waals surface area contributed by atoms with E-state index in [1.54, 1.807) is 21.0 Å². The Morgan fingerprint density at radius 3 is 2.21 bits per heavy atom. The van der Waals surface area contributed by atoms with Gasteiger partial charge in [0.25, 0.3) is 0 Å². The van der Waals surface area contributed by atoms with Gasteiger partial charge in [-0.25, -0.2) is 4.79 Å². The summed E-state index contributed by atoms with van der Waals surface area (Å²) in [5, 5.41) is 9.72. The van der Waals surface area contributed by atoms with Crippen molar-refractivity contribution in [2.45, 2.75) is 39.4 Å². The zero-order valence-corrected chi connectivity index (χ0v) is 9.53. The van der Waals surface area contributed by atoms with Crippen molar-refractivity contribution in [1.82, 2.24) is 0 Å². The van der Waals surface area contributed by atoms with Crippen LogP contribution in [0.25, 0.3) is 0 Å². The Hall–Kier alpha value is -0.610. The minimum Gasteiger partial charge on any atom is -0.467 e. The smallest absolute Gasteiger partial charge is 0.335 e. The Morgan fingerprint density at radius 2 is 1.93 bits per heavy atom. The molecule has 2 unspecified atom stereocenters. The number of carbonyl (C=O) groups is 1. The molecule has 0 aromatic carbocycles. The number of methoxy groups -OCH3 is 2. The topological polar surface area (TPSA) is 55.8 Å². The Morgan fingerprint density at radius 1 is 1.43 bits per heavy atom. The highest BCUT2D eigenvalue weighted by atomic mass is 16.5. The molecule has 0 aromatic rings. The van der Waals surface area contributed by atoms with Crippen LogP contribution in [0.15, 0.2) is 0 Å². The van der Waals surface area contributed by atoms with Crippen LogP contribution < -0.4 is 0 Å². The lowest BCUT2D eigenvalue weighted by atomic mass is 9.79. The van der Waals surface area contributed by atoms with Gasteiger partial charge >= 0.3 is 5.97 Å². The van der Waals surface area contributed by atoms with Gasteiger partial charge in [-0.1, -0.05) is 20.8 Å². The van der Waals surface area contributed by atoms with Crippen LogP contribution in [0.5, 0.6) is 0 Å². The van der Waals surface area contributed by atoms with Gasteiger partial charge in [-0.15, -0.1) is 0 Å². The largest absolute Gasteiger partial charge is 0.467 e. The molecule has 1 N–H and O–H groups in total. The molecule has 0 aliphatic rings. The number of ether oxygens (including phenoxy) is 2. The number of rotatable bonds is 5. The van der Waals surface area contributed by atoms with Gasteiger partial charge in [0.1, 0.15) is 0 Å². The molecule has 2 atom stereocenters. The van der Waals surface area contributed by atoms with Crippen molar-refractivity contribution in [2.75, 3.05) is 14.2 Å². The second-order valence-corrected chi connectivity index (χ2v) is 3.88. The summed E-state index contributed by atoms with van der Waals surface area (Å²) in [6.45, 7) is 5.51. The van der Waals surface area contributed by atoms with E-state index in [2.05, 4.69) is 4.74 Å². The minimum absolute atomic E-state index is 0.170. The standard InChI is InChI=1S/C10H20O4/c1-6-7(13-4)10(2,3)8(11)9(12)14-5/h7-8,11H,6H2,1-5H3. The number of hydrogen-bond acceptors (Lipinski definition) is 4. The first kappa shape index (κ1) is 13.4. The van der Waals surface area contributed by atoms with E-state index in [1.165, 1.54) is 7.11 Å². The SMILES string of the molecule is CCC(OC)C(C)(C)C(O)C(=O)OC. The van der Waals surface area contributed by atoms with Gasteiger partial charge in [-0.05, 0) is 6.42 Å². The van der Waals surface area contributed by atoms with E-state index in [1.807, 2.05) is 6.92 Å². The van der Waals surface area contributed by atoms with Gasteiger partial charge < -0.3 is 14.6 Å². The molecule has 0 spiro atoms. The molecule has 0 heterocycles. The van der Waals surface area contributed by atoms with Gasteiger partial charge in [-0.3, -0.25) is 0 Å². The molecule has 4 nitrogen and oxygen atoms in total. The van der Waals surface area contributed by atoms with Crippen LogP contribution in [-0.4, -0.2) is 37.5 Å². The third-order valence-electron chi connectivity index (χ3n) is 2.61. The number of hydrogen-bond donors (Lipinski definition) is 1. The summed E-state index contributed by atoms with van der Waals surface area (Å²) < 4.78 is 9.71. The summed E-state index contributed by atoms with van der Waals surface area (Å²) in [5.74, 6) is -0.620. The van der Waals surface area contributed by atoms with Crippen LogP contribution >= 0.6 is 0 Å². The molecule has 0 radical (unpaired) electrons. The molecule has 0 aliphatic carbocycles. The van der Waals surface area contributed by atoms with Crippen molar-refractivity contribution in [3.05, 3.63) is 0 Å². The zero-order valence-electron chi connectivity index (χ0n) is 9.53. The van der Waals surface area contributed by atoms with Gasteiger partial charge in [0.05, 0.1) is 13.2 Å².